The molecule has 1 heterocycles. The van der Waals surface area contributed by atoms with Crippen molar-refractivity contribution in [2.24, 2.45) is 5.92 Å². The maximum Gasteiger partial charge on any atom is 0.337 e. The van der Waals surface area contributed by atoms with E-state index in [-0.39, 0.29) is 17.2 Å². The van der Waals surface area contributed by atoms with Crippen molar-refractivity contribution in [3.8, 4) is 0 Å². The van der Waals surface area contributed by atoms with Crippen LogP contribution in [0.1, 0.15) is 60.3 Å². The summed E-state index contributed by atoms with van der Waals surface area (Å²) in [7, 11) is 0. The van der Waals surface area contributed by atoms with Crippen LogP contribution in [0, 0.1) is 19.8 Å². The van der Waals surface area contributed by atoms with Crippen LogP contribution >= 0.6 is 0 Å². The Bertz CT molecular complexity index is 559. The molecule has 4 nitrogen and oxygen atoms in total. The first-order valence-corrected chi connectivity index (χ1v) is 6.87. The minimum absolute atomic E-state index is 0.0703. The van der Waals surface area contributed by atoms with E-state index in [1.54, 1.807) is 18.4 Å². The third kappa shape index (κ3) is 2.57. The number of hydrogen-bond acceptors (Lipinski definition) is 2. The van der Waals surface area contributed by atoms with Gasteiger partial charge in [-0.3, -0.25) is 4.79 Å². The summed E-state index contributed by atoms with van der Waals surface area (Å²) in [6.45, 7) is 5.63. The molecule has 0 aromatic carbocycles. The molecule has 2 unspecified atom stereocenters. The van der Waals surface area contributed by atoms with Gasteiger partial charge in [0.15, 0.2) is 0 Å². The predicted molar refractivity (Wildman–Crippen MR) is 73.8 cm³/mol. The van der Waals surface area contributed by atoms with E-state index < -0.39 is 5.97 Å². The van der Waals surface area contributed by atoms with Gasteiger partial charge in [-0.2, -0.15) is 0 Å². The molecular weight excluding hydrogens is 242 g/mol. The maximum absolute atomic E-state index is 12.2. The Morgan fingerprint density at radius 2 is 2.05 bits per heavy atom. The minimum atomic E-state index is -0.951. The lowest BCUT2D eigenvalue weighted by Gasteiger charge is -2.30. The van der Waals surface area contributed by atoms with Crippen molar-refractivity contribution in [1.82, 2.24) is 4.57 Å². The van der Waals surface area contributed by atoms with Crippen molar-refractivity contribution in [2.45, 2.75) is 52.5 Å². The molecule has 19 heavy (non-hydrogen) atoms. The third-order valence-electron chi connectivity index (χ3n) is 4.18. The molecule has 1 N–H and O–H groups in total. The smallest absolute Gasteiger partial charge is 0.337 e. The van der Waals surface area contributed by atoms with Crippen LogP contribution in [0.5, 0.6) is 0 Å². The molecule has 1 aliphatic carbocycles. The van der Waals surface area contributed by atoms with Crippen molar-refractivity contribution in [2.75, 3.05) is 0 Å². The monoisotopic (exact) mass is 263 g/mol. The number of pyridine rings is 1. The van der Waals surface area contributed by atoms with Crippen LogP contribution < -0.4 is 5.56 Å². The van der Waals surface area contributed by atoms with Gasteiger partial charge in [0.1, 0.15) is 0 Å². The van der Waals surface area contributed by atoms with Crippen LogP contribution in [0.4, 0.5) is 0 Å². The van der Waals surface area contributed by atoms with Gasteiger partial charge in [-0.05, 0) is 38.2 Å². The molecule has 1 aromatic heterocycles. The maximum atomic E-state index is 12.2. The number of aromatic nitrogens is 1. The fraction of sp³-hybridized carbons (Fsp3) is 0.600. The Labute approximate surface area is 113 Å². The second kappa shape index (κ2) is 5.19. The number of aryl methyl sites for hydroxylation is 1. The highest BCUT2D eigenvalue weighted by Gasteiger charge is 2.25. The minimum Gasteiger partial charge on any atom is -0.478 e. The Balaban J connectivity index is 2.54. The summed E-state index contributed by atoms with van der Waals surface area (Å²) < 4.78 is 1.70. The number of carbonyl (C=O) groups is 1. The quantitative estimate of drug-likeness (QED) is 0.892. The summed E-state index contributed by atoms with van der Waals surface area (Å²) in [4.78, 5) is 23.5. The topological polar surface area (TPSA) is 59.3 Å². The summed E-state index contributed by atoms with van der Waals surface area (Å²) >= 11 is 0. The molecule has 2 rings (SSSR count). The molecule has 4 heteroatoms. The second-order valence-electron chi connectivity index (χ2n) is 5.73. The fourth-order valence-corrected chi connectivity index (χ4v) is 3.31. The lowest BCUT2D eigenvalue weighted by atomic mass is 9.86. The zero-order valence-corrected chi connectivity index (χ0v) is 11.8. The van der Waals surface area contributed by atoms with Gasteiger partial charge < -0.3 is 9.67 Å². The number of nitrogens with zero attached hydrogens (tertiary/aromatic N) is 1. The van der Waals surface area contributed by atoms with Gasteiger partial charge in [-0.15, -0.1) is 0 Å². The van der Waals surface area contributed by atoms with Crippen molar-refractivity contribution in [3.05, 3.63) is 33.2 Å². The van der Waals surface area contributed by atoms with Crippen molar-refractivity contribution in [3.63, 3.8) is 0 Å². The molecule has 1 saturated carbocycles. The predicted octanol–water partition coefficient (Wildman–Crippen LogP) is 2.91. The molecule has 1 aromatic rings. The Morgan fingerprint density at radius 1 is 1.37 bits per heavy atom. The van der Waals surface area contributed by atoms with Gasteiger partial charge >= 0.3 is 5.97 Å². The molecule has 0 aliphatic heterocycles. The lowest BCUT2D eigenvalue weighted by Crippen LogP contribution is -2.31. The lowest BCUT2D eigenvalue weighted by molar-refractivity contribution is 0.0693. The number of carboxylic acids is 1. The van der Waals surface area contributed by atoms with E-state index >= 15 is 0 Å². The van der Waals surface area contributed by atoms with E-state index in [1.807, 2.05) is 0 Å². The first-order valence-electron chi connectivity index (χ1n) is 6.87. The fourth-order valence-electron chi connectivity index (χ4n) is 3.31. The van der Waals surface area contributed by atoms with E-state index in [1.165, 1.54) is 12.5 Å². The van der Waals surface area contributed by atoms with Crippen molar-refractivity contribution >= 4 is 5.97 Å². The highest BCUT2D eigenvalue weighted by Crippen LogP contribution is 2.32. The van der Waals surface area contributed by atoms with Gasteiger partial charge in [-0.1, -0.05) is 19.8 Å². The van der Waals surface area contributed by atoms with Crippen LogP contribution in [0.2, 0.25) is 0 Å². The zero-order chi connectivity index (χ0) is 14.2. The Morgan fingerprint density at radius 3 is 2.63 bits per heavy atom. The number of rotatable bonds is 2. The molecule has 1 aliphatic rings. The molecule has 0 amide bonds. The highest BCUT2D eigenvalue weighted by atomic mass is 16.4. The largest absolute Gasteiger partial charge is 0.478 e. The van der Waals surface area contributed by atoms with E-state index in [9.17, 15) is 14.7 Å². The SMILES string of the molecule is Cc1cc(=O)n(C2CCCC(C)C2)c(C)c1C(=O)O. The Kier molecular flexibility index (Phi) is 3.78. The normalized spacial score (nSPS) is 23.3. The third-order valence-corrected chi connectivity index (χ3v) is 4.18. The molecule has 1 fully saturated rings. The number of aromatic carboxylic acids is 1. The van der Waals surface area contributed by atoms with Crippen LogP contribution in [-0.2, 0) is 0 Å². The van der Waals surface area contributed by atoms with Crippen LogP contribution in [-0.4, -0.2) is 15.6 Å². The Hall–Kier alpha value is -1.58. The van der Waals surface area contributed by atoms with Crippen LogP contribution in [0.15, 0.2) is 10.9 Å². The van der Waals surface area contributed by atoms with Gasteiger partial charge in [0.25, 0.3) is 5.56 Å². The van der Waals surface area contributed by atoms with Crippen molar-refractivity contribution in [1.29, 1.82) is 0 Å². The molecular formula is C15H21NO3. The summed E-state index contributed by atoms with van der Waals surface area (Å²) in [6.07, 6.45) is 4.23. The van der Waals surface area contributed by atoms with Crippen molar-refractivity contribution < 1.29 is 9.90 Å². The standard InChI is InChI=1S/C15H21NO3/c1-9-5-4-6-12(7-9)16-11(3)14(15(18)19)10(2)8-13(16)17/h8-9,12H,4-7H2,1-3H3,(H,18,19). The number of carboxylic acid groups (broad SMARTS) is 1. The van der Waals surface area contributed by atoms with Crippen LogP contribution in [0.3, 0.4) is 0 Å². The van der Waals surface area contributed by atoms with E-state index in [0.717, 1.165) is 19.3 Å². The molecule has 2 atom stereocenters. The molecule has 0 saturated heterocycles. The number of hydrogen-bond donors (Lipinski definition) is 1. The van der Waals surface area contributed by atoms with Gasteiger partial charge in [0.2, 0.25) is 0 Å². The van der Waals surface area contributed by atoms with Gasteiger partial charge in [0.05, 0.1) is 5.56 Å². The van der Waals surface area contributed by atoms with Gasteiger partial charge in [-0.25, -0.2) is 4.79 Å². The second-order valence-corrected chi connectivity index (χ2v) is 5.73. The molecule has 104 valence electrons. The summed E-state index contributed by atoms with van der Waals surface area (Å²) in [6, 6.07) is 1.60. The van der Waals surface area contributed by atoms with Crippen LogP contribution in [0.25, 0.3) is 0 Å². The van der Waals surface area contributed by atoms with E-state index in [0.29, 0.717) is 17.2 Å². The first-order chi connectivity index (χ1) is 8.91. The average molecular weight is 263 g/mol. The summed E-state index contributed by atoms with van der Waals surface area (Å²) in [5, 5.41) is 9.30. The van der Waals surface area contributed by atoms with E-state index in [4.69, 9.17) is 0 Å². The summed E-state index contributed by atoms with van der Waals surface area (Å²) in [5.74, 6) is -0.354. The van der Waals surface area contributed by atoms with Gasteiger partial charge in [0, 0.05) is 17.8 Å². The molecule has 0 radical (unpaired) electrons. The summed E-state index contributed by atoms with van der Waals surface area (Å²) in [5.41, 5.74) is 1.35. The molecule has 0 bridgehead atoms. The molecule has 0 spiro atoms. The van der Waals surface area contributed by atoms with E-state index in [2.05, 4.69) is 6.92 Å². The average Bonchev–Trinajstić information content (AvgIpc) is 2.27. The highest BCUT2D eigenvalue weighted by molar-refractivity contribution is 5.90. The zero-order valence-electron chi connectivity index (χ0n) is 11.8. The first kappa shape index (κ1) is 13.8.